The minimum absolute atomic E-state index is 0.0599. The summed E-state index contributed by atoms with van der Waals surface area (Å²) >= 11 is 0. The van der Waals surface area contributed by atoms with Crippen molar-refractivity contribution in [3.63, 3.8) is 0 Å². The molecule has 0 aromatic heterocycles. The van der Waals surface area contributed by atoms with Crippen LogP contribution in [0.4, 0.5) is 0 Å². The zero-order valence-electron chi connectivity index (χ0n) is 24.5. The predicted molar refractivity (Wildman–Crippen MR) is 150 cm³/mol. The van der Waals surface area contributed by atoms with Crippen LogP contribution in [0.25, 0.3) is 0 Å². The van der Waals surface area contributed by atoms with Crippen molar-refractivity contribution in [2.75, 3.05) is 26.4 Å². The van der Waals surface area contributed by atoms with Crippen LogP contribution in [0.3, 0.4) is 0 Å². The molecule has 1 rings (SSSR count). The third-order valence-corrected chi connectivity index (χ3v) is 8.95. The van der Waals surface area contributed by atoms with Crippen molar-refractivity contribution < 1.29 is 32.6 Å². The van der Waals surface area contributed by atoms with Crippen LogP contribution >= 0.6 is 7.60 Å². The summed E-state index contributed by atoms with van der Waals surface area (Å²) in [5.41, 5.74) is 2.80. The zero-order valence-corrected chi connectivity index (χ0v) is 25.4. The standard InChI is InChI=1S/C29H51O7P/c1-10-32-28(30)27(37(31,34-11-2)35-12-3)18-14-17-23(6)15-13-16-24(7)19-20-25(22(4)5)26-21-33-29(8,9)36-26/h16-17,25-27H,4,10-15,18-21H2,1-3,5-9H3/b23-17+,24-16+. The van der Waals surface area contributed by atoms with Crippen molar-refractivity contribution in [2.45, 2.75) is 111 Å². The molecule has 214 valence electrons. The molecular formula is C29H51O7P. The average molecular weight is 543 g/mol. The van der Waals surface area contributed by atoms with E-state index in [0.717, 1.165) is 31.3 Å². The summed E-state index contributed by atoms with van der Waals surface area (Å²) in [5.74, 6) is -0.765. The minimum atomic E-state index is -3.58. The van der Waals surface area contributed by atoms with E-state index >= 15 is 0 Å². The molecule has 3 unspecified atom stereocenters. The molecule has 7 nitrogen and oxygen atoms in total. The Morgan fingerprint density at radius 2 is 1.59 bits per heavy atom. The first-order chi connectivity index (χ1) is 17.4. The number of hydrogen-bond acceptors (Lipinski definition) is 7. The summed E-state index contributed by atoms with van der Waals surface area (Å²) in [4.78, 5) is 12.5. The molecule has 0 aromatic rings. The van der Waals surface area contributed by atoms with Crippen molar-refractivity contribution in [2.24, 2.45) is 5.92 Å². The maximum atomic E-state index is 13.2. The van der Waals surface area contributed by atoms with Gasteiger partial charge in [-0.2, -0.15) is 0 Å². The normalized spacial score (nSPS) is 20.1. The first kappa shape index (κ1) is 33.8. The van der Waals surface area contributed by atoms with Gasteiger partial charge in [-0.1, -0.05) is 35.5 Å². The fourth-order valence-corrected chi connectivity index (χ4v) is 6.46. The molecule has 0 radical (unpaired) electrons. The number of rotatable bonds is 18. The maximum absolute atomic E-state index is 13.2. The summed E-state index contributed by atoms with van der Waals surface area (Å²) < 4.78 is 41.1. The quantitative estimate of drug-likeness (QED) is 0.0994. The summed E-state index contributed by atoms with van der Waals surface area (Å²) in [7, 11) is -3.58. The van der Waals surface area contributed by atoms with Gasteiger partial charge >= 0.3 is 13.6 Å². The largest absolute Gasteiger partial charge is 0.465 e. The van der Waals surface area contributed by atoms with E-state index in [2.05, 4.69) is 39.5 Å². The van der Waals surface area contributed by atoms with Crippen molar-refractivity contribution in [1.29, 1.82) is 0 Å². The summed E-state index contributed by atoms with van der Waals surface area (Å²) in [6, 6.07) is 0. The van der Waals surface area contributed by atoms with E-state index in [1.165, 1.54) is 11.1 Å². The van der Waals surface area contributed by atoms with Crippen LogP contribution in [0.15, 0.2) is 35.5 Å². The summed E-state index contributed by atoms with van der Waals surface area (Å²) in [6.07, 6.45) is 9.27. The maximum Gasteiger partial charge on any atom is 0.344 e. The lowest BCUT2D eigenvalue weighted by molar-refractivity contribution is -0.143. The van der Waals surface area contributed by atoms with Gasteiger partial charge in [0.1, 0.15) is 0 Å². The third-order valence-electron chi connectivity index (χ3n) is 6.48. The number of ether oxygens (including phenoxy) is 3. The molecule has 1 aliphatic rings. The van der Waals surface area contributed by atoms with E-state index in [1.54, 1.807) is 20.8 Å². The molecule has 8 heteroatoms. The lowest BCUT2D eigenvalue weighted by Crippen LogP contribution is -2.27. The van der Waals surface area contributed by atoms with Crippen molar-refractivity contribution in [1.82, 2.24) is 0 Å². The second-order valence-corrected chi connectivity index (χ2v) is 12.4. The van der Waals surface area contributed by atoms with E-state index in [4.69, 9.17) is 23.3 Å². The highest BCUT2D eigenvalue weighted by Crippen LogP contribution is 2.55. The lowest BCUT2D eigenvalue weighted by atomic mass is 9.89. The van der Waals surface area contributed by atoms with Crippen LogP contribution in [0.1, 0.15) is 93.9 Å². The Kier molecular flexibility index (Phi) is 15.2. The van der Waals surface area contributed by atoms with Crippen LogP contribution < -0.4 is 0 Å². The van der Waals surface area contributed by atoms with Gasteiger partial charge in [0.2, 0.25) is 0 Å². The highest BCUT2D eigenvalue weighted by Gasteiger charge is 2.41. The molecule has 0 saturated carbocycles. The molecular weight excluding hydrogens is 491 g/mol. The fourth-order valence-electron chi connectivity index (χ4n) is 4.51. The molecule has 0 aliphatic carbocycles. The Morgan fingerprint density at radius 3 is 2.11 bits per heavy atom. The Labute approximate surface area is 225 Å². The Bertz CT molecular complexity index is 820. The van der Waals surface area contributed by atoms with E-state index < -0.39 is 25.0 Å². The van der Waals surface area contributed by atoms with E-state index in [9.17, 15) is 9.36 Å². The third kappa shape index (κ3) is 12.0. The summed E-state index contributed by atoms with van der Waals surface area (Å²) in [6.45, 7) is 20.9. The highest BCUT2D eigenvalue weighted by atomic mass is 31.2. The average Bonchev–Trinajstić information content (AvgIpc) is 3.16. The number of allylic oxidation sites excluding steroid dienone is 4. The monoisotopic (exact) mass is 542 g/mol. The molecule has 37 heavy (non-hydrogen) atoms. The Hall–Kier alpha value is -1.24. The van der Waals surface area contributed by atoms with Crippen LogP contribution in [0, 0.1) is 5.92 Å². The van der Waals surface area contributed by atoms with Crippen LogP contribution in [0.2, 0.25) is 0 Å². The van der Waals surface area contributed by atoms with Gasteiger partial charge in [0.15, 0.2) is 11.4 Å². The van der Waals surface area contributed by atoms with Gasteiger partial charge < -0.3 is 23.3 Å². The number of esters is 1. The molecule has 0 spiro atoms. The number of carbonyl (C=O) groups excluding carboxylic acids is 1. The second kappa shape index (κ2) is 16.7. The molecule has 1 fully saturated rings. The molecule has 1 heterocycles. The van der Waals surface area contributed by atoms with E-state index in [-0.39, 0.29) is 31.8 Å². The molecule has 1 saturated heterocycles. The minimum Gasteiger partial charge on any atom is -0.465 e. The van der Waals surface area contributed by atoms with Crippen LogP contribution in [0.5, 0.6) is 0 Å². The van der Waals surface area contributed by atoms with E-state index in [0.29, 0.717) is 19.4 Å². The number of carbonyl (C=O) groups is 1. The van der Waals surface area contributed by atoms with Gasteiger partial charge in [0.05, 0.1) is 32.5 Å². The van der Waals surface area contributed by atoms with Gasteiger partial charge in [-0.3, -0.25) is 9.36 Å². The molecule has 0 bridgehead atoms. The van der Waals surface area contributed by atoms with Crippen molar-refractivity contribution >= 4 is 13.6 Å². The number of hydrogen-bond donors (Lipinski definition) is 0. The molecule has 1 aliphatic heterocycles. The van der Waals surface area contributed by atoms with Gasteiger partial charge in [-0.05, 0) is 93.9 Å². The predicted octanol–water partition coefficient (Wildman–Crippen LogP) is 7.76. The Morgan fingerprint density at radius 1 is 1.00 bits per heavy atom. The highest BCUT2D eigenvalue weighted by molar-refractivity contribution is 7.55. The SMILES string of the molecule is C=C(C)C(CC/C(C)=C/CC/C(C)=C/CCC(C(=O)OCC)P(=O)(OCC)OCC)C1COC(C)(C)O1. The molecule has 0 N–H and O–H groups in total. The smallest absolute Gasteiger partial charge is 0.344 e. The van der Waals surface area contributed by atoms with E-state index in [1.807, 2.05) is 13.8 Å². The van der Waals surface area contributed by atoms with Crippen molar-refractivity contribution in [3.8, 4) is 0 Å². The van der Waals surface area contributed by atoms with Gasteiger partial charge in [-0.15, -0.1) is 0 Å². The van der Waals surface area contributed by atoms with Gasteiger partial charge in [0.25, 0.3) is 0 Å². The van der Waals surface area contributed by atoms with Crippen molar-refractivity contribution in [3.05, 3.63) is 35.5 Å². The zero-order chi connectivity index (χ0) is 28.1. The topological polar surface area (TPSA) is 80.3 Å². The first-order valence-corrected chi connectivity index (χ1v) is 15.3. The van der Waals surface area contributed by atoms with Gasteiger partial charge in [0, 0.05) is 5.92 Å². The molecule has 0 aromatic carbocycles. The van der Waals surface area contributed by atoms with Crippen LogP contribution in [-0.2, 0) is 32.6 Å². The molecule has 3 atom stereocenters. The van der Waals surface area contributed by atoms with Crippen LogP contribution in [-0.4, -0.2) is 49.9 Å². The van der Waals surface area contributed by atoms with Gasteiger partial charge in [-0.25, -0.2) is 0 Å². The lowest BCUT2D eigenvalue weighted by Gasteiger charge is -2.24. The summed E-state index contributed by atoms with van der Waals surface area (Å²) in [5, 5.41) is 0. The fraction of sp³-hybridized carbons (Fsp3) is 0.759. The Balaban J connectivity index is 2.61. The molecule has 0 amide bonds. The first-order valence-electron chi connectivity index (χ1n) is 13.7. The second-order valence-electron chi connectivity index (χ2n) is 10.2.